The summed E-state index contributed by atoms with van der Waals surface area (Å²) in [5, 5.41) is -3.70. The van der Waals surface area contributed by atoms with Gasteiger partial charge in [-0.3, -0.25) is 14.4 Å². The average Bonchev–Trinajstić information content (AvgIpc) is 2.39. The minimum atomic E-state index is -8.41. The Labute approximate surface area is 139 Å². The fourth-order valence-corrected chi connectivity index (χ4v) is 21.0. The predicted molar refractivity (Wildman–Crippen MR) is 83.5 cm³/mol. The molecule has 0 aliphatic heterocycles. The van der Waals surface area contributed by atoms with E-state index in [1.807, 2.05) is 0 Å². The zero-order valence-corrected chi connectivity index (χ0v) is 15.6. The van der Waals surface area contributed by atoms with Gasteiger partial charge in [-0.05, 0) is 0 Å². The maximum Gasteiger partial charge on any atom is 0.460 e. The molecule has 0 rings (SSSR count). The fourth-order valence-electron chi connectivity index (χ4n) is 2.80. The van der Waals surface area contributed by atoms with Crippen LogP contribution in [0.2, 0.25) is 0 Å². The third-order valence-electron chi connectivity index (χ3n) is 4.14. The molecule has 0 saturated carbocycles. The standard InChI is InChI=1S/C10H16F3NO8S3/c1-4-8(17)25(6-5-15,7(2)16,23(3,19)20,24(14,21)22)9(18)10(11,12)13/h5H,4,6H2,1-3H3,(H2,14,21,22). The molecule has 0 atom stereocenters. The lowest BCUT2D eigenvalue weighted by molar-refractivity contribution is -0.161. The van der Waals surface area contributed by atoms with Crippen LogP contribution in [0.3, 0.4) is 0 Å². The van der Waals surface area contributed by atoms with Crippen molar-refractivity contribution in [2.24, 2.45) is 5.14 Å². The summed E-state index contributed by atoms with van der Waals surface area (Å²) in [7, 11) is -12.5. The first kappa shape index (κ1) is 23.7. The number of nitrogens with two attached hydrogens (primary N) is 1. The van der Waals surface area contributed by atoms with E-state index in [4.69, 9.17) is 5.14 Å². The van der Waals surface area contributed by atoms with Gasteiger partial charge in [-0.25, -0.2) is 22.0 Å². The van der Waals surface area contributed by atoms with E-state index in [0.717, 1.165) is 6.92 Å². The van der Waals surface area contributed by atoms with E-state index in [9.17, 15) is 49.2 Å². The molecular formula is C10H16F3NO8S3. The normalized spacial score (nSPS) is 16.4. The largest absolute Gasteiger partial charge is 0.460 e. The summed E-state index contributed by atoms with van der Waals surface area (Å²) in [5.41, 5.74) is 0. The number of carbonyl (C=O) groups is 4. The van der Waals surface area contributed by atoms with Gasteiger partial charge in [0.2, 0.25) is 0 Å². The Bertz CT molecular complexity index is 855. The minimum absolute atomic E-state index is 0.0215. The van der Waals surface area contributed by atoms with Gasteiger partial charge in [-0.1, -0.05) is 6.92 Å². The Balaban J connectivity index is 8.87. The third-order valence-corrected chi connectivity index (χ3v) is 28.5. The van der Waals surface area contributed by atoms with Crippen LogP contribution in [0.4, 0.5) is 13.2 Å². The maximum absolute atomic E-state index is 13.4. The SMILES string of the molecule is CCC(=O)S(CC=O)(C(C)=O)(C(=O)C(F)(F)F)(S(C)(=O)=O)S(N)(=O)=O. The molecule has 0 aromatic carbocycles. The van der Waals surface area contributed by atoms with Gasteiger partial charge >= 0.3 is 6.18 Å². The van der Waals surface area contributed by atoms with Crippen LogP contribution in [0, 0.1) is 0 Å². The quantitative estimate of drug-likeness (QED) is 0.462. The fraction of sp³-hybridized carbons (Fsp3) is 0.600. The molecule has 9 nitrogen and oxygen atoms in total. The second-order valence-electron chi connectivity index (χ2n) is 5.08. The molecule has 0 saturated heterocycles. The van der Waals surface area contributed by atoms with E-state index in [0.29, 0.717) is 0 Å². The maximum atomic E-state index is 13.4. The van der Waals surface area contributed by atoms with E-state index >= 15 is 0 Å². The van der Waals surface area contributed by atoms with Gasteiger partial charge in [0.05, 0.1) is 12.1 Å². The molecular weight excluding hydrogens is 415 g/mol. The molecule has 148 valence electrons. The molecule has 0 amide bonds. The lowest BCUT2D eigenvalue weighted by Crippen LogP contribution is -2.69. The molecule has 0 radical (unpaired) electrons. The van der Waals surface area contributed by atoms with Crippen LogP contribution in [0.5, 0.6) is 0 Å². The lowest BCUT2D eigenvalue weighted by Gasteiger charge is -2.66. The summed E-state index contributed by atoms with van der Waals surface area (Å²) >= 11 is 0. The van der Waals surface area contributed by atoms with Gasteiger partial charge in [0.1, 0.15) is 6.29 Å². The van der Waals surface area contributed by atoms with Gasteiger partial charge in [-0.2, -0.15) is 13.2 Å². The number of hydrogen-bond donors (Lipinski definition) is 1. The summed E-state index contributed by atoms with van der Waals surface area (Å²) < 4.78 is 89.9. The van der Waals surface area contributed by atoms with Gasteiger partial charge in [-0.15, -0.1) is 0 Å². The van der Waals surface area contributed by atoms with Crippen molar-refractivity contribution in [1.29, 1.82) is 0 Å². The summed E-state index contributed by atoms with van der Waals surface area (Å²) in [4.78, 5) is 48.4. The van der Waals surface area contributed by atoms with Crippen molar-refractivity contribution in [3.05, 3.63) is 0 Å². The number of hydrogen-bond acceptors (Lipinski definition) is 8. The van der Waals surface area contributed by atoms with Gasteiger partial charge in [0.15, 0.2) is 19.1 Å². The summed E-state index contributed by atoms with van der Waals surface area (Å²) in [6.07, 6.45) is -16.9. The van der Waals surface area contributed by atoms with Crippen molar-refractivity contribution >= 4 is 45.9 Å². The number of aldehydes is 1. The monoisotopic (exact) mass is 431 g/mol. The molecule has 15 heteroatoms. The Morgan fingerprint density at radius 2 is 1.52 bits per heavy atom. The van der Waals surface area contributed by atoms with E-state index in [1.54, 1.807) is 0 Å². The molecule has 0 aliphatic rings. The van der Waals surface area contributed by atoms with E-state index in [2.05, 4.69) is 0 Å². The van der Waals surface area contributed by atoms with Crippen molar-refractivity contribution in [2.75, 3.05) is 12.0 Å². The summed E-state index contributed by atoms with van der Waals surface area (Å²) in [5.74, 6) is -2.35. The molecule has 0 bridgehead atoms. The summed E-state index contributed by atoms with van der Waals surface area (Å²) in [6, 6.07) is 0. The van der Waals surface area contributed by atoms with Crippen molar-refractivity contribution in [1.82, 2.24) is 0 Å². The van der Waals surface area contributed by atoms with Gasteiger partial charge < -0.3 is 4.79 Å². The Morgan fingerprint density at radius 1 is 1.12 bits per heavy atom. The van der Waals surface area contributed by atoms with Crippen LogP contribution in [-0.2, 0) is 37.1 Å². The third kappa shape index (κ3) is 1.84. The minimum Gasteiger partial charge on any atom is -0.302 e. The molecule has 0 fully saturated rings. The van der Waals surface area contributed by atoms with Crippen LogP contribution < -0.4 is 5.14 Å². The highest BCUT2D eigenvalue weighted by atomic mass is 33.6. The second-order valence-corrected chi connectivity index (χ2v) is 21.5. The molecule has 0 heterocycles. The van der Waals surface area contributed by atoms with Gasteiger partial charge in [0.25, 0.3) is 14.2 Å². The van der Waals surface area contributed by atoms with Crippen molar-refractivity contribution < 1.29 is 49.2 Å². The zero-order chi connectivity index (χ0) is 20.8. The van der Waals surface area contributed by atoms with Crippen LogP contribution in [0.15, 0.2) is 0 Å². The number of alkyl halides is 3. The smallest absolute Gasteiger partial charge is 0.302 e. The topological polar surface area (TPSA) is 163 Å². The number of halogens is 3. The Hall–Kier alpha value is -1.32. The first-order chi connectivity index (χ1) is 10.8. The highest BCUT2D eigenvalue weighted by molar-refractivity contribution is 9.51. The Morgan fingerprint density at radius 3 is 1.68 bits per heavy atom. The highest BCUT2D eigenvalue weighted by Gasteiger charge is 2.93. The van der Waals surface area contributed by atoms with Crippen LogP contribution in [0.1, 0.15) is 20.3 Å². The van der Waals surface area contributed by atoms with E-state index in [-0.39, 0.29) is 13.2 Å². The van der Waals surface area contributed by atoms with Crippen LogP contribution in [0.25, 0.3) is 0 Å². The molecule has 0 aromatic rings. The van der Waals surface area contributed by atoms with Crippen molar-refractivity contribution in [3.8, 4) is 0 Å². The van der Waals surface area contributed by atoms with E-state index in [1.165, 1.54) is 0 Å². The van der Waals surface area contributed by atoms with E-state index < -0.39 is 64.3 Å². The lowest BCUT2D eigenvalue weighted by atomic mass is 10.6. The summed E-state index contributed by atoms with van der Waals surface area (Å²) in [6.45, 7) is 0.754. The average molecular weight is 431 g/mol. The van der Waals surface area contributed by atoms with Crippen molar-refractivity contribution in [2.45, 2.75) is 26.4 Å². The molecule has 0 aliphatic carbocycles. The van der Waals surface area contributed by atoms with Crippen molar-refractivity contribution in [3.63, 3.8) is 0 Å². The van der Waals surface area contributed by atoms with Crippen LogP contribution in [-0.4, -0.2) is 56.7 Å². The number of rotatable bonds is 5. The van der Waals surface area contributed by atoms with Gasteiger partial charge in [0, 0.05) is 19.6 Å². The molecule has 25 heavy (non-hydrogen) atoms. The molecule has 0 unspecified atom stereocenters. The zero-order valence-electron chi connectivity index (χ0n) is 13.2. The first-order valence-corrected chi connectivity index (χ1v) is 13.3. The Kier molecular flexibility index (Phi) is 5.29. The molecule has 0 aromatic heterocycles. The predicted octanol–water partition coefficient (Wildman–Crippen LogP) is -0.204. The second kappa shape index (κ2) is 5.59. The highest BCUT2D eigenvalue weighted by Crippen LogP contribution is 2.97. The first-order valence-electron chi connectivity index (χ1n) is 6.18. The molecule has 2 N–H and O–H groups in total. The van der Waals surface area contributed by atoms with Crippen LogP contribution >= 0.6 is 6.36 Å². The molecule has 0 spiro atoms. The number of carbonyl (C=O) groups excluding carboxylic acids is 4.